The summed E-state index contributed by atoms with van der Waals surface area (Å²) in [5, 5.41) is 3.25. The van der Waals surface area contributed by atoms with Gasteiger partial charge in [0.05, 0.1) is 6.54 Å². The average Bonchev–Trinajstić information content (AvgIpc) is 2.19. The van der Waals surface area contributed by atoms with Crippen LogP contribution in [-0.2, 0) is 0 Å². The minimum atomic E-state index is -4.13. The molecule has 0 aromatic heterocycles. The van der Waals surface area contributed by atoms with Gasteiger partial charge in [-0.3, -0.25) is 4.90 Å². The van der Waals surface area contributed by atoms with Crippen LogP contribution in [0.4, 0.5) is 13.2 Å². The standard InChI is InChI=1S/C13H27F3N2/c1-6-12(8-17-7-10(2)3)18(11(4)5)9-13(14,15)16/h10-12,17H,6-9H2,1-5H3. The van der Waals surface area contributed by atoms with E-state index in [9.17, 15) is 13.2 Å². The van der Waals surface area contributed by atoms with Gasteiger partial charge < -0.3 is 5.32 Å². The molecule has 0 aliphatic rings. The van der Waals surface area contributed by atoms with Crippen molar-refractivity contribution in [2.24, 2.45) is 5.92 Å². The van der Waals surface area contributed by atoms with E-state index in [0.717, 1.165) is 13.0 Å². The zero-order chi connectivity index (χ0) is 14.3. The highest BCUT2D eigenvalue weighted by Gasteiger charge is 2.34. The highest BCUT2D eigenvalue weighted by molar-refractivity contribution is 4.78. The third-order valence-corrected chi connectivity index (χ3v) is 2.90. The zero-order valence-electron chi connectivity index (χ0n) is 12.1. The second-order valence-electron chi connectivity index (χ2n) is 5.50. The Morgan fingerprint density at radius 1 is 1.06 bits per heavy atom. The molecule has 0 fully saturated rings. The summed E-state index contributed by atoms with van der Waals surface area (Å²) >= 11 is 0. The third kappa shape index (κ3) is 7.93. The molecule has 0 saturated heterocycles. The number of nitrogens with zero attached hydrogens (tertiary/aromatic N) is 1. The number of halogens is 3. The van der Waals surface area contributed by atoms with Gasteiger partial charge in [-0.05, 0) is 32.7 Å². The molecule has 0 aromatic carbocycles. The molecular weight excluding hydrogens is 241 g/mol. The van der Waals surface area contributed by atoms with Gasteiger partial charge in [-0.1, -0.05) is 20.8 Å². The van der Waals surface area contributed by atoms with Crippen LogP contribution in [0.15, 0.2) is 0 Å². The fraction of sp³-hybridized carbons (Fsp3) is 1.00. The molecule has 0 heterocycles. The molecule has 0 radical (unpaired) electrons. The Kier molecular flexibility index (Phi) is 7.87. The molecule has 0 amide bonds. The maximum Gasteiger partial charge on any atom is 0.401 e. The predicted molar refractivity (Wildman–Crippen MR) is 69.7 cm³/mol. The topological polar surface area (TPSA) is 15.3 Å². The smallest absolute Gasteiger partial charge is 0.315 e. The first-order valence-corrected chi connectivity index (χ1v) is 6.70. The average molecular weight is 268 g/mol. The monoisotopic (exact) mass is 268 g/mol. The van der Waals surface area contributed by atoms with Crippen LogP contribution in [-0.4, -0.2) is 42.8 Å². The van der Waals surface area contributed by atoms with Gasteiger partial charge in [0.1, 0.15) is 0 Å². The number of alkyl halides is 3. The molecule has 18 heavy (non-hydrogen) atoms. The van der Waals surface area contributed by atoms with Gasteiger partial charge in [0.25, 0.3) is 0 Å². The van der Waals surface area contributed by atoms with E-state index in [1.165, 1.54) is 4.90 Å². The molecular formula is C13H27F3N2. The summed E-state index contributed by atoms with van der Waals surface area (Å²) in [4.78, 5) is 1.54. The van der Waals surface area contributed by atoms with Gasteiger partial charge in [-0.25, -0.2) is 0 Å². The Labute approximate surface area is 109 Å². The maximum absolute atomic E-state index is 12.6. The maximum atomic E-state index is 12.6. The lowest BCUT2D eigenvalue weighted by Gasteiger charge is -2.35. The molecule has 2 nitrogen and oxygen atoms in total. The number of hydrogen-bond acceptors (Lipinski definition) is 2. The molecule has 0 aromatic rings. The Morgan fingerprint density at radius 2 is 1.61 bits per heavy atom. The summed E-state index contributed by atoms with van der Waals surface area (Å²) in [5.74, 6) is 0.512. The second-order valence-corrected chi connectivity index (χ2v) is 5.50. The van der Waals surface area contributed by atoms with E-state index >= 15 is 0 Å². The van der Waals surface area contributed by atoms with Crippen LogP contribution in [0, 0.1) is 5.92 Å². The van der Waals surface area contributed by atoms with Gasteiger partial charge in [0, 0.05) is 18.6 Å². The molecule has 0 aliphatic heterocycles. The van der Waals surface area contributed by atoms with Crippen molar-refractivity contribution in [2.45, 2.75) is 59.3 Å². The SMILES string of the molecule is CCC(CNCC(C)C)N(CC(F)(F)F)C(C)C. The molecule has 0 bridgehead atoms. The lowest BCUT2D eigenvalue weighted by atomic mass is 10.1. The minimum absolute atomic E-state index is 0.0645. The highest BCUT2D eigenvalue weighted by atomic mass is 19.4. The fourth-order valence-corrected chi connectivity index (χ4v) is 1.98. The van der Waals surface area contributed by atoms with Crippen molar-refractivity contribution in [3.8, 4) is 0 Å². The van der Waals surface area contributed by atoms with Crippen LogP contribution in [0.1, 0.15) is 41.0 Å². The largest absolute Gasteiger partial charge is 0.401 e. The van der Waals surface area contributed by atoms with Crippen LogP contribution in [0.2, 0.25) is 0 Å². The van der Waals surface area contributed by atoms with E-state index < -0.39 is 12.7 Å². The van der Waals surface area contributed by atoms with Gasteiger partial charge >= 0.3 is 6.18 Å². The summed E-state index contributed by atoms with van der Waals surface area (Å²) < 4.78 is 37.7. The molecule has 0 aliphatic carbocycles. The summed E-state index contributed by atoms with van der Waals surface area (Å²) in [5.41, 5.74) is 0. The molecule has 1 unspecified atom stereocenters. The van der Waals surface area contributed by atoms with E-state index in [2.05, 4.69) is 19.2 Å². The van der Waals surface area contributed by atoms with Gasteiger partial charge in [0.15, 0.2) is 0 Å². The van der Waals surface area contributed by atoms with Crippen LogP contribution in [0.3, 0.4) is 0 Å². The van der Waals surface area contributed by atoms with Crippen LogP contribution in [0.5, 0.6) is 0 Å². The van der Waals surface area contributed by atoms with Gasteiger partial charge in [-0.15, -0.1) is 0 Å². The number of nitrogens with one attached hydrogen (secondary N) is 1. The normalized spacial score (nSPS) is 14.8. The van der Waals surface area contributed by atoms with Crippen molar-refractivity contribution in [2.75, 3.05) is 19.6 Å². The second kappa shape index (κ2) is 8.00. The lowest BCUT2D eigenvalue weighted by Crippen LogP contribution is -2.49. The number of rotatable bonds is 8. The van der Waals surface area contributed by atoms with Crippen LogP contribution < -0.4 is 5.32 Å². The summed E-state index contributed by atoms with van der Waals surface area (Å²) in [7, 11) is 0. The van der Waals surface area contributed by atoms with E-state index in [-0.39, 0.29) is 12.1 Å². The summed E-state index contributed by atoms with van der Waals surface area (Å²) in [6, 6.07) is -0.164. The van der Waals surface area contributed by atoms with Gasteiger partial charge in [-0.2, -0.15) is 13.2 Å². The van der Waals surface area contributed by atoms with Crippen molar-refractivity contribution in [3.63, 3.8) is 0 Å². The molecule has 5 heteroatoms. The molecule has 1 atom stereocenters. The zero-order valence-corrected chi connectivity index (χ0v) is 12.1. The third-order valence-electron chi connectivity index (χ3n) is 2.90. The van der Waals surface area contributed by atoms with Crippen LogP contribution >= 0.6 is 0 Å². The molecule has 0 rings (SSSR count). The van der Waals surface area contributed by atoms with Crippen molar-refractivity contribution in [1.82, 2.24) is 10.2 Å². The van der Waals surface area contributed by atoms with Crippen molar-refractivity contribution >= 4 is 0 Å². The van der Waals surface area contributed by atoms with Crippen molar-refractivity contribution < 1.29 is 13.2 Å². The molecule has 0 spiro atoms. The molecule has 1 N–H and O–H groups in total. The fourth-order valence-electron chi connectivity index (χ4n) is 1.98. The van der Waals surface area contributed by atoms with Crippen molar-refractivity contribution in [3.05, 3.63) is 0 Å². The molecule has 0 saturated carbocycles. The molecule has 110 valence electrons. The van der Waals surface area contributed by atoms with E-state index in [0.29, 0.717) is 12.5 Å². The van der Waals surface area contributed by atoms with Crippen LogP contribution in [0.25, 0.3) is 0 Å². The van der Waals surface area contributed by atoms with Gasteiger partial charge in [0.2, 0.25) is 0 Å². The number of hydrogen-bond donors (Lipinski definition) is 1. The van der Waals surface area contributed by atoms with E-state index in [4.69, 9.17) is 0 Å². The first kappa shape index (κ1) is 17.7. The first-order chi connectivity index (χ1) is 8.17. The summed E-state index contributed by atoms with van der Waals surface area (Å²) in [6.07, 6.45) is -3.41. The van der Waals surface area contributed by atoms with Crippen molar-refractivity contribution in [1.29, 1.82) is 0 Å². The Bertz CT molecular complexity index is 215. The Morgan fingerprint density at radius 3 is 1.94 bits per heavy atom. The highest BCUT2D eigenvalue weighted by Crippen LogP contribution is 2.20. The predicted octanol–water partition coefficient (Wildman–Crippen LogP) is 3.28. The Hall–Kier alpha value is -0.290. The van der Waals surface area contributed by atoms with E-state index in [1.807, 2.05) is 20.8 Å². The Balaban J connectivity index is 4.43. The summed E-state index contributed by atoms with van der Waals surface area (Å²) in [6.45, 7) is 10.4. The lowest BCUT2D eigenvalue weighted by molar-refractivity contribution is -0.155. The first-order valence-electron chi connectivity index (χ1n) is 6.70. The quantitative estimate of drug-likeness (QED) is 0.726. The van der Waals surface area contributed by atoms with E-state index in [1.54, 1.807) is 0 Å². The minimum Gasteiger partial charge on any atom is -0.315 e.